The molecule has 0 saturated carbocycles. The molecule has 94 valence electrons. The Morgan fingerprint density at radius 2 is 1.50 bits per heavy atom. The first-order valence-electron chi connectivity index (χ1n) is 4.31. The number of halogens is 5. The molecule has 5 nitrogen and oxygen atoms in total. The summed E-state index contributed by atoms with van der Waals surface area (Å²) in [5.41, 5.74) is 0. The molecule has 2 aromatic rings. The minimum atomic E-state index is -0.0573. The highest BCUT2D eigenvalue weighted by molar-refractivity contribution is 6.43. The molecule has 0 aliphatic carbocycles. The average Bonchev–Trinajstić information content (AvgIpc) is 2.23. The van der Waals surface area contributed by atoms with E-state index in [0.717, 1.165) is 0 Å². The minimum absolute atomic E-state index is 0.0189. The van der Waals surface area contributed by atoms with Crippen molar-refractivity contribution in [2.45, 2.75) is 0 Å². The molecule has 0 aliphatic rings. The molecular weight excluding hydrogens is 343 g/mol. The van der Waals surface area contributed by atoms with Crippen molar-refractivity contribution in [3.05, 3.63) is 32.0 Å². The summed E-state index contributed by atoms with van der Waals surface area (Å²) in [4.78, 5) is 15.1. The Kier molecular flexibility index (Phi) is 4.29. The van der Waals surface area contributed by atoms with E-state index in [4.69, 9.17) is 58.0 Å². The first kappa shape index (κ1) is 13.8. The first-order chi connectivity index (χ1) is 8.45. The lowest BCUT2D eigenvalue weighted by molar-refractivity contribution is 1.13. The summed E-state index contributed by atoms with van der Waals surface area (Å²) in [6, 6.07) is 1.44. The van der Waals surface area contributed by atoms with Gasteiger partial charge in [-0.05, 0) is 23.2 Å². The fourth-order valence-corrected chi connectivity index (χ4v) is 1.97. The molecule has 0 fully saturated rings. The molecule has 0 spiro atoms. The van der Waals surface area contributed by atoms with Crippen molar-refractivity contribution < 1.29 is 0 Å². The summed E-state index contributed by atoms with van der Waals surface area (Å²) in [6.45, 7) is 0. The van der Waals surface area contributed by atoms with Crippen LogP contribution >= 0.6 is 58.0 Å². The predicted octanol–water partition coefficient (Wildman–Crippen LogP) is 4.28. The molecule has 0 atom stereocenters. The number of rotatable bonds is 2. The van der Waals surface area contributed by atoms with Crippen LogP contribution in [-0.2, 0) is 0 Å². The smallest absolute Gasteiger partial charge is 0.225 e. The van der Waals surface area contributed by atoms with Gasteiger partial charge in [0.05, 0.1) is 0 Å². The Balaban J connectivity index is 2.39. The third-order valence-electron chi connectivity index (χ3n) is 1.70. The summed E-state index contributed by atoms with van der Waals surface area (Å²) in [7, 11) is 0. The van der Waals surface area contributed by atoms with Gasteiger partial charge in [-0.2, -0.15) is 4.98 Å². The lowest BCUT2D eigenvalue weighted by atomic mass is 10.5. The number of nitrogens with one attached hydrogen (secondary N) is 1. The number of nitrogens with zero attached hydrogens (tertiary/aromatic N) is 4. The van der Waals surface area contributed by atoms with E-state index in [1.807, 2.05) is 0 Å². The van der Waals surface area contributed by atoms with Crippen molar-refractivity contribution in [3.8, 4) is 0 Å². The molecule has 0 unspecified atom stereocenters. The van der Waals surface area contributed by atoms with E-state index in [9.17, 15) is 0 Å². The van der Waals surface area contributed by atoms with E-state index in [1.165, 1.54) is 6.07 Å². The van der Waals surface area contributed by atoms with Gasteiger partial charge < -0.3 is 5.32 Å². The highest BCUT2D eigenvalue weighted by Gasteiger charge is 2.12. The van der Waals surface area contributed by atoms with E-state index in [1.54, 1.807) is 0 Å². The van der Waals surface area contributed by atoms with Crippen LogP contribution < -0.4 is 5.32 Å². The Labute approximate surface area is 126 Å². The molecule has 0 radical (unpaired) electrons. The van der Waals surface area contributed by atoms with Crippen LogP contribution in [0.4, 0.5) is 11.6 Å². The lowest BCUT2D eigenvalue weighted by Crippen LogP contribution is -2.00. The maximum Gasteiger partial charge on any atom is 0.225 e. The summed E-state index contributed by atoms with van der Waals surface area (Å²) >= 11 is 28.7. The van der Waals surface area contributed by atoms with Crippen molar-refractivity contribution in [1.82, 2.24) is 19.9 Å². The molecule has 0 aliphatic heterocycles. The van der Waals surface area contributed by atoms with E-state index < -0.39 is 0 Å². The fraction of sp³-hybridized carbons (Fsp3) is 0. The van der Waals surface area contributed by atoms with Crippen molar-refractivity contribution in [1.29, 1.82) is 0 Å². The van der Waals surface area contributed by atoms with Gasteiger partial charge in [0.1, 0.15) is 16.0 Å². The zero-order valence-corrected chi connectivity index (χ0v) is 12.0. The van der Waals surface area contributed by atoms with Gasteiger partial charge in [0.2, 0.25) is 10.6 Å². The highest BCUT2D eigenvalue weighted by atomic mass is 35.5. The highest BCUT2D eigenvalue weighted by Crippen LogP contribution is 2.30. The van der Waals surface area contributed by atoms with Crippen LogP contribution in [0.15, 0.2) is 6.07 Å². The van der Waals surface area contributed by atoms with Crippen LogP contribution in [0.1, 0.15) is 0 Å². The van der Waals surface area contributed by atoms with E-state index >= 15 is 0 Å². The second kappa shape index (κ2) is 5.59. The molecule has 0 bridgehead atoms. The SMILES string of the molecule is Clc1cc(Nc2nc(Cl)nc(Cl)c2Cl)nc(Cl)n1. The van der Waals surface area contributed by atoms with Crippen LogP contribution in [-0.4, -0.2) is 19.9 Å². The number of aromatic nitrogens is 4. The van der Waals surface area contributed by atoms with Crippen LogP contribution in [0.3, 0.4) is 0 Å². The number of anilines is 2. The second-order valence-electron chi connectivity index (χ2n) is 2.92. The second-order valence-corrected chi connectivity index (χ2v) is 4.72. The van der Waals surface area contributed by atoms with Gasteiger partial charge in [-0.15, -0.1) is 0 Å². The standard InChI is InChI=1S/C8H2Cl5N5/c9-2-1-3(16-7(12)14-2)15-6-4(10)5(11)17-8(13)18-6/h1H,(H,14,15,16,17,18). The van der Waals surface area contributed by atoms with Gasteiger partial charge in [-0.25, -0.2) is 15.0 Å². The monoisotopic (exact) mass is 343 g/mol. The van der Waals surface area contributed by atoms with Crippen LogP contribution in [0.5, 0.6) is 0 Å². The molecule has 18 heavy (non-hydrogen) atoms. The zero-order chi connectivity index (χ0) is 13.3. The third-order valence-corrected chi connectivity index (χ3v) is 2.96. The Morgan fingerprint density at radius 1 is 0.833 bits per heavy atom. The fourth-order valence-electron chi connectivity index (χ4n) is 1.05. The summed E-state index contributed by atoms with van der Waals surface area (Å²) in [5, 5.41) is 2.97. The molecule has 0 saturated heterocycles. The van der Waals surface area contributed by atoms with Gasteiger partial charge in [0.15, 0.2) is 11.0 Å². The largest absolute Gasteiger partial charge is 0.323 e. The van der Waals surface area contributed by atoms with Crippen LogP contribution in [0.2, 0.25) is 25.9 Å². The first-order valence-corrected chi connectivity index (χ1v) is 6.20. The van der Waals surface area contributed by atoms with Crippen LogP contribution in [0, 0.1) is 0 Å². The molecule has 2 aromatic heterocycles. The zero-order valence-electron chi connectivity index (χ0n) is 8.26. The van der Waals surface area contributed by atoms with E-state index in [0.29, 0.717) is 5.82 Å². The minimum Gasteiger partial charge on any atom is -0.323 e. The Hall–Kier alpha value is -0.590. The molecule has 10 heteroatoms. The maximum atomic E-state index is 5.91. The molecule has 0 aromatic carbocycles. The summed E-state index contributed by atoms with van der Waals surface area (Å²) in [5.74, 6) is 0.486. The lowest BCUT2D eigenvalue weighted by Gasteiger charge is -2.07. The van der Waals surface area contributed by atoms with E-state index in [2.05, 4.69) is 25.3 Å². The Morgan fingerprint density at radius 3 is 2.17 bits per heavy atom. The van der Waals surface area contributed by atoms with Gasteiger partial charge >= 0.3 is 0 Å². The summed E-state index contributed by atoms with van der Waals surface area (Å²) in [6.07, 6.45) is 0. The molecule has 2 rings (SSSR count). The van der Waals surface area contributed by atoms with E-state index in [-0.39, 0.29) is 31.7 Å². The average molecular weight is 345 g/mol. The third kappa shape index (κ3) is 3.24. The van der Waals surface area contributed by atoms with Crippen molar-refractivity contribution in [3.63, 3.8) is 0 Å². The quantitative estimate of drug-likeness (QED) is 0.650. The maximum absolute atomic E-state index is 5.91. The van der Waals surface area contributed by atoms with Crippen molar-refractivity contribution >= 4 is 69.6 Å². The molecule has 0 amide bonds. The molecule has 1 N–H and O–H groups in total. The number of hydrogen-bond donors (Lipinski definition) is 1. The normalized spacial score (nSPS) is 10.5. The summed E-state index contributed by atoms with van der Waals surface area (Å²) < 4.78 is 0. The van der Waals surface area contributed by atoms with Gasteiger partial charge in [-0.1, -0.05) is 34.8 Å². The molecule has 2 heterocycles. The topological polar surface area (TPSA) is 63.6 Å². The van der Waals surface area contributed by atoms with Gasteiger partial charge in [-0.3, -0.25) is 0 Å². The molecular formula is C8H2Cl5N5. The van der Waals surface area contributed by atoms with Gasteiger partial charge in [0.25, 0.3) is 0 Å². The van der Waals surface area contributed by atoms with Crippen molar-refractivity contribution in [2.75, 3.05) is 5.32 Å². The number of hydrogen-bond acceptors (Lipinski definition) is 5. The Bertz CT molecular complexity index is 584. The van der Waals surface area contributed by atoms with Crippen LogP contribution in [0.25, 0.3) is 0 Å². The van der Waals surface area contributed by atoms with Crippen molar-refractivity contribution in [2.24, 2.45) is 0 Å². The van der Waals surface area contributed by atoms with Gasteiger partial charge in [0, 0.05) is 6.07 Å². The predicted molar refractivity (Wildman–Crippen MR) is 72.4 cm³/mol.